The summed E-state index contributed by atoms with van der Waals surface area (Å²) in [6, 6.07) is 0. The number of methoxy groups -OCH3 is 1. The summed E-state index contributed by atoms with van der Waals surface area (Å²) in [5.41, 5.74) is 0. The van der Waals surface area contributed by atoms with Crippen LogP contribution < -0.4 is 0 Å². The molecular formula is C9H16ClNO3. The number of alkyl halides is 1. The molecule has 1 aliphatic rings. The van der Waals surface area contributed by atoms with Gasteiger partial charge in [-0.1, -0.05) is 0 Å². The van der Waals surface area contributed by atoms with Crippen LogP contribution in [0.3, 0.4) is 0 Å². The summed E-state index contributed by atoms with van der Waals surface area (Å²) in [4.78, 5) is 13.0. The van der Waals surface area contributed by atoms with Gasteiger partial charge in [-0.25, -0.2) is 0 Å². The molecule has 1 saturated heterocycles. The second-order valence-corrected chi connectivity index (χ2v) is 3.47. The lowest BCUT2D eigenvalue weighted by Crippen LogP contribution is -2.30. The lowest BCUT2D eigenvalue weighted by Gasteiger charge is -2.15. The molecule has 1 fully saturated rings. The number of carbonyl (C=O) groups excluding carboxylic acids is 1. The monoisotopic (exact) mass is 221 g/mol. The Morgan fingerprint density at radius 3 is 2.64 bits per heavy atom. The zero-order chi connectivity index (χ0) is 10.6. The highest BCUT2D eigenvalue weighted by Gasteiger charge is 2.35. The SMILES string of the molecule is CCO[C@H]1CN(C(=O)CCl)C[C@@H]1OC. The zero-order valence-electron chi connectivity index (χ0n) is 8.53. The van der Waals surface area contributed by atoms with Gasteiger partial charge in [0, 0.05) is 26.8 Å². The van der Waals surface area contributed by atoms with Crippen LogP contribution in [0.2, 0.25) is 0 Å². The second kappa shape index (κ2) is 5.53. The normalized spacial score (nSPS) is 26.9. The van der Waals surface area contributed by atoms with E-state index in [0.29, 0.717) is 19.7 Å². The van der Waals surface area contributed by atoms with E-state index in [2.05, 4.69) is 0 Å². The van der Waals surface area contributed by atoms with Crippen molar-refractivity contribution >= 4 is 17.5 Å². The molecule has 1 aliphatic heterocycles. The van der Waals surface area contributed by atoms with Crippen molar-refractivity contribution in [3.63, 3.8) is 0 Å². The Kier molecular flexibility index (Phi) is 4.65. The Bertz CT molecular complexity index is 200. The Morgan fingerprint density at radius 1 is 1.50 bits per heavy atom. The highest BCUT2D eigenvalue weighted by atomic mass is 35.5. The van der Waals surface area contributed by atoms with Gasteiger partial charge in [0.25, 0.3) is 0 Å². The number of carbonyl (C=O) groups is 1. The minimum absolute atomic E-state index is 0.0165. The number of ether oxygens (including phenoxy) is 2. The lowest BCUT2D eigenvalue weighted by atomic mass is 10.2. The van der Waals surface area contributed by atoms with Gasteiger partial charge in [-0.3, -0.25) is 4.79 Å². The molecule has 0 unspecified atom stereocenters. The fraction of sp³-hybridized carbons (Fsp3) is 0.889. The van der Waals surface area contributed by atoms with Crippen molar-refractivity contribution < 1.29 is 14.3 Å². The number of halogens is 1. The molecule has 1 rings (SSSR count). The second-order valence-electron chi connectivity index (χ2n) is 3.20. The van der Waals surface area contributed by atoms with Crippen LogP contribution in [0.25, 0.3) is 0 Å². The number of amides is 1. The number of rotatable bonds is 4. The quantitative estimate of drug-likeness (QED) is 0.649. The summed E-state index contributed by atoms with van der Waals surface area (Å²) in [6.45, 7) is 3.72. The van der Waals surface area contributed by atoms with Crippen LogP contribution in [0, 0.1) is 0 Å². The Balaban J connectivity index is 2.51. The van der Waals surface area contributed by atoms with Crippen molar-refractivity contribution in [1.82, 2.24) is 4.90 Å². The van der Waals surface area contributed by atoms with Crippen molar-refractivity contribution in [2.45, 2.75) is 19.1 Å². The highest BCUT2D eigenvalue weighted by Crippen LogP contribution is 2.16. The first-order chi connectivity index (χ1) is 6.72. The zero-order valence-corrected chi connectivity index (χ0v) is 9.29. The summed E-state index contributed by atoms with van der Waals surface area (Å²) in [6.07, 6.45) is -0.0423. The molecule has 0 aliphatic carbocycles. The van der Waals surface area contributed by atoms with Gasteiger partial charge in [0.05, 0.1) is 0 Å². The summed E-state index contributed by atoms with van der Waals surface area (Å²) in [5, 5.41) is 0. The molecule has 14 heavy (non-hydrogen) atoms. The molecule has 2 atom stereocenters. The predicted octanol–water partition coefficient (Wildman–Crippen LogP) is 0.487. The topological polar surface area (TPSA) is 38.8 Å². The van der Waals surface area contributed by atoms with Crippen molar-refractivity contribution in [3.8, 4) is 0 Å². The minimum Gasteiger partial charge on any atom is -0.377 e. The van der Waals surface area contributed by atoms with E-state index in [0.717, 1.165) is 0 Å². The first kappa shape index (κ1) is 11.8. The summed E-state index contributed by atoms with van der Waals surface area (Å²) in [5.74, 6) is -0.0362. The molecule has 82 valence electrons. The molecule has 0 bridgehead atoms. The van der Waals surface area contributed by atoms with E-state index < -0.39 is 0 Å². The van der Waals surface area contributed by atoms with Crippen LogP contribution in [0.15, 0.2) is 0 Å². The molecule has 0 spiro atoms. The molecule has 1 heterocycles. The van der Waals surface area contributed by atoms with Crippen LogP contribution >= 0.6 is 11.6 Å². The van der Waals surface area contributed by atoms with Crippen molar-refractivity contribution in [2.75, 3.05) is 32.7 Å². The fourth-order valence-corrected chi connectivity index (χ4v) is 1.80. The van der Waals surface area contributed by atoms with E-state index >= 15 is 0 Å². The predicted molar refractivity (Wildman–Crippen MR) is 53.5 cm³/mol. The van der Waals surface area contributed by atoms with Crippen molar-refractivity contribution in [3.05, 3.63) is 0 Å². The average molecular weight is 222 g/mol. The smallest absolute Gasteiger partial charge is 0.237 e. The molecular weight excluding hydrogens is 206 g/mol. The molecule has 0 aromatic carbocycles. The molecule has 0 aromatic heterocycles. The van der Waals surface area contributed by atoms with Crippen LogP contribution in [-0.4, -0.2) is 55.7 Å². The van der Waals surface area contributed by atoms with E-state index in [1.54, 1.807) is 12.0 Å². The maximum Gasteiger partial charge on any atom is 0.237 e. The van der Waals surface area contributed by atoms with Gasteiger partial charge in [0.2, 0.25) is 5.91 Å². The number of likely N-dealkylation sites (tertiary alicyclic amines) is 1. The number of nitrogens with zero attached hydrogens (tertiary/aromatic N) is 1. The summed E-state index contributed by atoms with van der Waals surface area (Å²) < 4.78 is 10.7. The van der Waals surface area contributed by atoms with Gasteiger partial charge in [0.1, 0.15) is 18.1 Å². The van der Waals surface area contributed by atoms with Gasteiger partial charge in [-0.2, -0.15) is 0 Å². The van der Waals surface area contributed by atoms with Crippen LogP contribution in [0.4, 0.5) is 0 Å². The molecule has 0 N–H and O–H groups in total. The van der Waals surface area contributed by atoms with Crippen molar-refractivity contribution in [2.24, 2.45) is 0 Å². The third kappa shape index (κ3) is 2.59. The summed E-state index contributed by atoms with van der Waals surface area (Å²) >= 11 is 5.47. The van der Waals surface area contributed by atoms with Crippen LogP contribution in [0.5, 0.6) is 0 Å². The first-order valence-electron chi connectivity index (χ1n) is 4.71. The van der Waals surface area contributed by atoms with E-state index in [9.17, 15) is 4.79 Å². The number of hydrogen-bond donors (Lipinski definition) is 0. The molecule has 1 amide bonds. The maximum absolute atomic E-state index is 11.3. The van der Waals surface area contributed by atoms with Crippen LogP contribution in [-0.2, 0) is 14.3 Å². The highest BCUT2D eigenvalue weighted by molar-refractivity contribution is 6.27. The Labute approximate surface area is 89.1 Å². The van der Waals surface area contributed by atoms with Gasteiger partial charge >= 0.3 is 0 Å². The molecule has 0 aromatic rings. The van der Waals surface area contributed by atoms with E-state index in [4.69, 9.17) is 21.1 Å². The Hall–Kier alpha value is -0.320. The van der Waals surface area contributed by atoms with Gasteiger partial charge in [-0.15, -0.1) is 11.6 Å². The molecule has 0 saturated carbocycles. The average Bonchev–Trinajstić information content (AvgIpc) is 2.60. The molecule has 0 radical (unpaired) electrons. The minimum atomic E-state index is -0.0593. The van der Waals surface area contributed by atoms with Crippen LogP contribution in [0.1, 0.15) is 6.92 Å². The third-order valence-corrected chi connectivity index (χ3v) is 2.59. The first-order valence-corrected chi connectivity index (χ1v) is 5.24. The van der Waals surface area contributed by atoms with Gasteiger partial charge in [0.15, 0.2) is 0 Å². The van der Waals surface area contributed by atoms with Gasteiger partial charge < -0.3 is 14.4 Å². The van der Waals surface area contributed by atoms with E-state index in [1.165, 1.54) is 0 Å². The molecule has 4 nitrogen and oxygen atoms in total. The summed E-state index contributed by atoms with van der Waals surface area (Å²) in [7, 11) is 1.63. The fourth-order valence-electron chi connectivity index (χ4n) is 1.63. The lowest BCUT2D eigenvalue weighted by molar-refractivity contribution is -0.128. The van der Waals surface area contributed by atoms with E-state index in [1.807, 2.05) is 6.92 Å². The third-order valence-electron chi connectivity index (χ3n) is 2.37. The Morgan fingerprint density at radius 2 is 2.14 bits per heavy atom. The standard InChI is InChI=1S/C9H16ClNO3/c1-3-14-8-6-11(9(12)4-10)5-7(8)13-2/h7-8H,3-6H2,1-2H3/t7-,8-/m0/s1. The van der Waals surface area contributed by atoms with Crippen molar-refractivity contribution in [1.29, 1.82) is 0 Å². The number of hydrogen-bond acceptors (Lipinski definition) is 3. The molecule has 5 heteroatoms. The van der Waals surface area contributed by atoms with Gasteiger partial charge in [-0.05, 0) is 6.92 Å². The maximum atomic E-state index is 11.3. The largest absolute Gasteiger partial charge is 0.377 e. The van der Waals surface area contributed by atoms with E-state index in [-0.39, 0.29) is 24.0 Å².